The second kappa shape index (κ2) is 9.03. The molecule has 1 aromatic heterocycles. The molecular formula is C22H23ClN4O2. The number of carbonyl (C=O) groups excluding carboxylic acids is 1. The number of carbonyl (C=O) groups is 1. The molecule has 0 aliphatic heterocycles. The van der Waals surface area contributed by atoms with Gasteiger partial charge in [-0.2, -0.15) is 5.10 Å². The molecule has 0 amide bonds. The Hall–Kier alpha value is -2.96. The third-order valence-corrected chi connectivity index (χ3v) is 4.64. The van der Waals surface area contributed by atoms with Crippen LogP contribution in [0.3, 0.4) is 0 Å². The summed E-state index contributed by atoms with van der Waals surface area (Å²) >= 11 is 6.09. The summed E-state index contributed by atoms with van der Waals surface area (Å²) in [6, 6.07) is 16.4. The Kier molecular flexibility index (Phi) is 6.46. The minimum Gasteiger partial charge on any atom is -0.350 e. The summed E-state index contributed by atoms with van der Waals surface area (Å²) in [4.78, 5) is 27.8. The first-order valence-corrected chi connectivity index (χ1v) is 9.63. The van der Waals surface area contributed by atoms with Gasteiger partial charge in [0.05, 0.1) is 12.1 Å². The van der Waals surface area contributed by atoms with Crippen LogP contribution in [-0.4, -0.2) is 41.1 Å². The van der Waals surface area contributed by atoms with Crippen LogP contribution >= 0.6 is 11.6 Å². The van der Waals surface area contributed by atoms with Crippen molar-refractivity contribution >= 4 is 28.8 Å². The highest BCUT2D eigenvalue weighted by atomic mass is 35.5. The van der Waals surface area contributed by atoms with Crippen LogP contribution < -0.4 is 10.9 Å². The number of likely N-dealkylation sites (N-methyl/N-ethyl adjacent to an activating group) is 1. The van der Waals surface area contributed by atoms with Crippen molar-refractivity contribution in [1.29, 1.82) is 0 Å². The van der Waals surface area contributed by atoms with E-state index in [9.17, 15) is 9.59 Å². The molecule has 2 aromatic carbocycles. The van der Waals surface area contributed by atoms with E-state index in [0.717, 1.165) is 5.56 Å². The summed E-state index contributed by atoms with van der Waals surface area (Å²) in [7, 11) is 3.86. The van der Waals surface area contributed by atoms with Crippen molar-refractivity contribution < 1.29 is 4.79 Å². The van der Waals surface area contributed by atoms with Gasteiger partial charge < -0.3 is 10.2 Å². The lowest BCUT2D eigenvalue weighted by Crippen LogP contribution is -2.32. The van der Waals surface area contributed by atoms with E-state index in [1.807, 2.05) is 49.3 Å². The number of anilines is 2. The molecule has 0 aliphatic carbocycles. The lowest BCUT2D eigenvalue weighted by atomic mass is 10.0. The molecule has 6 nitrogen and oxygen atoms in total. The second-order valence-electron chi connectivity index (χ2n) is 6.99. The van der Waals surface area contributed by atoms with Gasteiger partial charge in [-0.25, -0.2) is 4.68 Å². The van der Waals surface area contributed by atoms with Crippen LogP contribution in [0.5, 0.6) is 0 Å². The smallest absolute Gasteiger partial charge is 0.291 e. The highest BCUT2D eigenvalue weighted by Gasteiger charge is 2.22. The topological polar surface area (TPSA) is 67.2 Å². The molecule has 3 aromatic rings. The fraction of sp³-hybridized carbons (Fsp3) is 0.227. The Morgan fingerprint density at radius 3 is 2.48 bits per heavy atom. The largest absolute Gasteiger partial charge is 0.350 e. The van der Waals surface area contributed by atoms with Crippen LogP contribution in [0.25, 0.3) is 11.3 Å². The number of aromatic nitrogens is 2. The van der Waals surface area contributed by atoms with Crippen LogP contribution in [0, 0.1) is 0 Å². The molecular weight excluding hydrogens is 388 g/mol. The molecule has 29 heavy (non-hydrogen) atoms. The lowest BCUT2D eigenvalue weighted by molar-refractivity contribution is 0.101. The number of Topliss-reactive ketones (excluding diaryl/α,β-unsaturated/α-hetero) is 1. The first-order valence-electron chi connectivity index (χ1n) is 9.25. The van der Waals surface area contributed by atoms with E-state index in [1.165, 1.54) is 11.6 Å². The first kappa shape index (κ1) is 20.8. The summed E-state index contributed by atoms with van der Waals surface area (Å²) < 4.78 is 1.40. The van der Waals surface area contributed by atoms with Crippen molar-refractivity contribution in [2.24, 2.45) is 0 Å². The molecule has 0 fully saturated rings. The van der Waals surface area contributed by atoms with Gasteiger partial charge in [-0.15, -0.1) is 0 Å². The molecule has 0 aliphatic rings. The van der Waals surface area contributed by atoms with E-state index in [1.54, 1.807) is 24.3 Å². The number of hydrogen-bond donors (Lipinski definition) is 1. The molecule has 150 valence electrons. The number of nitrogens with zero attached hydrogens (tertiary/aromatic N) is 3. The minimum atomic E-state index is -0.350. The van der Waals surface area contributed by atoms with Gasteiger partial charge in [0, 0.05) is 22.8 Å². The molecule has 1 heterocycles. The van der Waals surface area contributed by atoms with Gasteiger partial charge in [0.2, 0.25) is 0 Å². The van der Waals surface area contributed by atoms with Crippen molar-refractivity contribution in [3.05, 3.63) is 75.5 Å². The Labute approximate surface area is 174 Å². The Morgan fingerprint density at radius 2 is 1.86 bits per heavy atom. The summed E-state index contributed by atoms with van der Waals surface area (Å²) in [5, 5.41) is 8.19. The maximum atomic E-state index is 13.2. The third-order valence-electron chi connectivity index (χ3n) is 4.41. The number of nitrogens with one attached hydrogen (secondary N) is 1. The normalized spacial score (nSPS) is 10.9. The number of halogens is 1. The van der Waals surface area contributed by atoms with Gasteiger partial charge in [-0.05, 0) is 39.2 Å². The fourth-order valence-electron chi connectivity index (χ4n) is 2.98. The molecule has 0 saturated carbocycles. The number of benzene rings is 2. The maximum Gasteiger partial charge on any atom is 0.291 e. The third kappa shape index (κ3) is 4.91. The molecule has 0 spiro atoms. The van der Waals surface area contributed by atoms with Crippen LogP contribution in [0.4, 0.5) is 11.4 Å². The van der Waals surface area contributed by atoms with Crippen LogP contribution in [0.2, 0.25) is 5.02 Å². The summed E-state index contributed by atoms with van der Waals surface area (Å²) in [5.41, 5.74) is 1.99. The molecule has 0 unspecified atom stereocenters. The van der Waals surface area contributed by atoms with E-state index in [0.29, 0.717) is 29.5 Å². The Morgan fingerprint density at radius 1 is 1.14 bits per heavy atom. The van der Waals surface area contributed by atoms with Crippen molar-refractivity contribution in [2.45, 2.75) is 13.5 Å². The van der Waals surface area contributed by atoms with Gasteiger partial charge in [-0.1, -0.05) is 48.0 Å². The Balaban J connectivity index is 2.23. The molecule has 0 atom stereocenters. The van der Waals surface area contributed by atoms with E-state index in [-0.39, 0.29) is 22.6 Å². The molecule has 0 saturated heterocycles. The minimum absolute atomic E-state index is 0.201. The van der Waals surface area contributed by atoms with Crippen molar-refractivity contribution in [1.82, 2.24) is 14.7 Å². The SMILES string of the molecule is CC(=O)c1c(-c2ccccc2)nn(CCN(C)C)c(=O)c1Nc1cccc(Cl)c1. The van der Waals surface area contributed by atoms with Crippen molar-refractivity contribution in [2.75, 3.05) is 26.0 Å². The maximum absolute atomic E-state index is 13.2. The van der Waals surface area contributed by atoms with E-state index in [4.69, 9.17) is 11.6 Å². The van der Waals surface area contributed by atoms with Crippen LogP contribution in [0.15, 0.2) is 59.4 Å². The number of rotatable bonds is 7. The second-order valence-corrected chi connectivity index (χ2v) is 7.42. The molecule has 0 radical (unpaired) electrons. The zero-order valence-corrected chi connectivity index (χ0v) is 17.4. The zero-order valence-electron chi connectivity index (χ0n) is 16.6. The average Bonchev–Trinajstić information content (AvgIpc) is 2.68. The van der Waals surface area contributed by atoms with Crippen molar-refractivity contribution in [3.63, 3.8) is 0 Å². The van der Waals surface area contributed by atoms with Gasteiger partial charge in [0.15, 0.2) is 5.78 Å². The highest BCUT2D eigenvalue weighted by molar-refractivity contribution is 6.30. The molecule has 3 rings (SSSR count). The van der Waals surface area contributed by atoms with Crippen LogP contribution in [-0.2, 0) is 6.54 Å². The monoisotopic (exact) mass is 410 g/mol. The Bertz CT molecular complexity index is 1080. The average molecular weight is 411 g/mol. The van der Waals surface area contributed by atoms with Gasteiger partial charge in [0.1, 0.15) is 11.4 Å². The fourth-order valence-corrected chi connectivity index (χ4v) is 3.17. The van der Waals surface area contributed by atoms with Gasteiger partial charge in [0.25, 0.3) is 5.56 Å². The molecule has 7 heteroatoms. The summed E-state index contributed by atoms with van der Waals surface area (Å²) in [5.74, 6) is -0.238. The quantitative estimate of drug-likeness (QED) is 0.594. The summed E-state index contributed by atoms with van der Waals surface area (Å²) in [6.07, 6.45) is 0. The highest BCUT2D eigenvalue weighted by Crippen LogP contribution is 2.28. The van der Waals surface area contributed by atoms with Crippen LogP contribution in [0.1, 0.15) is 17.3 Å². The standard InChI is InChI=1S/C22H23ClN4O2/c1-15(28)19-20(16-8-5-4-6-9-16)25-27(13-12-26(2)3)22(29)21(19)24-18-11-7-10-17(23)14-18/h4-11,14,24H,12-13H2,1-3H3. The predicted octanol–water partition coefficient (Wildman–Crippen LogP) is 4.07. The van der Waals surface area contributed by atoms with Crippen molar-refractivity contribution in [3.8, 4) is 11.3 Å². The van der Waals surface area contributed by atoms with E-state index >= 15 is 0 Å². The molecule has 0 bridgehead atoms. The lowest BCUT2D eigenvalue weighted by Gasteiger charge is -2.18. The van der Waals surface area contributed by atoms with Gasteiger partial charge in [-0.3, -0.25) is 9.59 Å². The predicted molar refractivity (Wildman–Crippen MR) is 117 cm³/mol. The zero-order chi connectivity index (χ0) is 21.0. The van der Waals surface area contributed by atoms with E-state index < -0.39 is 0 Å². The number of ketones is 1. The van der Waals surface area contributed by atoms with Gasteiger partial charge >= 0.3 is 0 Å². The summed E-state index contributed by atoms with van der Waals surface area (Å²) in [6.45, 7) is 2.47. The number of hydrogen-bond acceptors (Lipinski definition) is 5. The first-order chi connectivity index (χ1) is 13.9. The molecule has 1 N–H and O–H groups in total. The van der Waals surface area contributed by atoms with E-state index in [2.05, 4.69) is 10.4 Å².